The zero-order valence-electron chi connectivity index (χ0n) is 14.7. The minimum atomic E-state index is -0.684. The van der Waals surface area contributed by atoms with E-state index in [4.69, 9.17) is 0 Å². The van der Waals surface area contributed by atoms with E-state index in [1.54, 1.807) is 0 Å². The molecular weight excluding hydrogens is 332 g/mol. The molecule has 2 aromatic rings. The first-order chi connectivity index (χ1) is 12.6. The predicted octanol–water partition coefficient (Wildman–Crippen LogP) is 1.96. The zero-order chi connectivity index (χ0) is 18.1. The van der Waals surface area contributed by atoms with E-state index in [0.29, 0.717) is 18.8 Å². The van der Waals surface area contributed by atoms with Crippen molar-refractivity contribution in [2.45, 2.75) is 31.7 Å². The first-order valence-electron chi connectivity index (χ1n) is 9.34. The van der Waals surface area contributed by atoms with Gasteiger partial charge in [0.05, 0.1) is 11.4 Å². The zero-order valence-corrected chi connectivity index (χ0v) is 14.7. The van der Waals surface area contributed by atoms with Gasteiger partial charge in [-0.1, -0.05) is 31.0 Å². The Bertz CT molecular complexity index is 810. The monoisotopic (exact) mass is 356 g/mol. The summed E-state index contributed by atoms with van der Waals surface area (Å²) in [6.45, 7) is 2.68. The molecule has 2 fully saturated rings. The van der Waals surface area contributed by atoms with Crippen LogP contribution in [0.2, 0.25) is 0 Å². The SMILES string of the molecule is O=C(O)[C@H]1CCCC[C@@H]1N1CCN(C(=O)c2n[nH]c3ccccc23)CC1. The third kappa shape index (κ3) is 3.07. The highest BCUT2D eigenvalue weighted by Crippen LogP contribution is 2.29. The fraction of sp³-hybridized carbons (Fsp3) is 0.526. The van der Waals surface area contributed by atoms with Crippen molar-refractivity contribution in [1.29, 1.82) is 0 Å². The van der Waals surface area contributed by atoms with Gasteiger partial charge in [0.1, 0.15) is 0 Å². The number of carboxylic acids is 1. The second-order valence-corrected chi connectivity index (χ2v) is 7.24. The number of amides is 1. The van der Waals surface area contributed by atoms with Gasteiger partial charge in [-0.3, -0.25) is 19.6 Å². The molecule has 1 saturated carbocycles. The highest BCUT2D eigenvalue weighted by atomic mass is 16.4. The summed E-state index contributed by atoms with van der Waals surface area (Å²) >= 11 is 0. The summed E-state index contributed by atoms with van der Waals surface area (Å²) in [4.78, 5) is 28.5. The van der Waals surface area contributed by atoms with Crippen molar-refractivity contribution in [3.8, 4) is 0 Å². The van der Waals surface area contributed by atoms with Crippen LogP contribution in [0, 0.1) is 5.92 Å². The lowest BCUT2D eigenvalue weighted by molar-refractivity contribution is -0.146. The van der Waals surface area contributed by atoms with Gasteiger partial charge in [-0.2, -0.15) is 5.10 Å². The van der Waals surface area contributed by atoms with Gasteiger partial charge in [0.2, 0.25) is 0 Å². The quantitative estimate of drug-likeness (QED) is 0.878. The smallest absolute Gasteiger partial charge is 0.308 e. The molecule has 2 atom stereocenters. The Balaban J connectivity index is 1.43. The fourth-order valence-corrected chi connectivity index (χ4v) is 4.37. The average Bonchev–Trinajstić information content (AvgIpc) is 3.11. The van der Waals surface area contributed by atoms with Crippen molar-refractivity contribution in [1.82, 2.24) is 20.0 Å². The standard InChI is InChI=1S/C19H24N4O3/c24-18(17-13-5-1-3-7-15(13)20-21-17)23-11-9-22(10-12-23)16-8-4-2-6-14(16)19(25)26/h1,3,5,7,14,16H,2,4,6,8-12H2,(H,20,21)(H,25,26)/t14-,16-/m0/s1. The number of carbonyl (C=O) groups is 2. The Hall–Kier alpha value is -2.41. The molecule has 4 rings (SSSR count). The van der Waals surface area contributed by atoms with Crippen molar-refractivity contribution in [3.05, 3.63) is 30.0 Å². The molecule has 138 valence electrons. The number of aromatic amines is 1. The number of H-pyrrole nitrogens is 1. The number of aromatic nitrogens is 2. The van der Waals surface area contributed by atoms with Crippen molar-refractivity contribution in [2.75, 3.05) is 26.2 Å². The lowest BCUT2D eigenvalue weighted by atomic mass is 9.83. The van der Waals surface area contributed by atoms with Gasteiger partial charge in [-0.25, -0.2) is 0 Å². The number of carboxylic acid groups (broad SMARTS) is 1. The molecule has 0 unspecified atom stereocenters. The Labute approximate surface area is 152 Å². The number of hydrogen-bond acceptors (Lipinski definition) is 4. The minimum absolute atomic E-state index is 0.0551. The summed E-state index contributed by atoms with van der Waals surface area (Å²) in [7, 11) is 0. The van der Waals surface area contributed by atoms with Gasteiger partial charge in [-0.05, 0) is 18.9 Å². The van der Waals surface area contributed by atoms with E-state index in [-0.39, 0.29) is 17.9 Å². The van der Waals surface area contributed by atoms with Crippen LogP contribution in [0.5, 0.6) is 0 Å². The molecule has 0 radical (unpaired) electrons. The molecule has 1 aromatic heterocycles. The lowest BCUT2D eigenvalue weighted by Crippen LogP contribution is -2.55. The van der Waals surface area contributed by atoms with E-state index in [0.717, 1.165) is 49.7 Å². The van der Waals surface area contributed by atoms with E-state index in [9.17, 15) is 14.7 Å². The van der Waals surface area contributed by atoms with Crippen LogP contribution in [0.15, 0.2) is 24.3 Å². The third-order valence-electron chi connectivity index (χ3n) is 5.79. The topological polar surface area (TPSA) is 89.5 Å². The van der Waals surface area contributed by atoms with Crippen molar-refractivity contribution < 1.29 is 14.7 Å². The number of piperazine rings is 1. The molecule has 2 aliphatic rings. The highest BCUT2D eigenvalue weighted by molar-refractivity contribution is 6.04. The van der Waals surface area contributed by atoms with Crippen LogP contribution in [0.4, 0.5) is 0 Å². The number of fused-ring (bicyclic) bond motifs is 1. The summed E-state index contributed by atoms with van der Waals surface area (Å²) in [6.07, 6.45) is 3.79. The lowest BCUT2D eigenvalue weighted by Gasteiger charge is -2.42. The molecule has 7 heteroatoms. The molecule has 0 spiro atoms. The van der Waals surface area contributed by atoms with Crippen molar-refractivity contribution >= 4 is 22.8 Å². The molecule has 1 saturated heterocycles. The largest absolute Gasteiger partial charge is 0.481 e. The number of nitrogens with zero attached hydrogens (tertiary/aromatic N) is 3. The Morgan fingerprint density at radius 3 is 2.58 bits per heavy atom. The molecule has 7 nitrogen and oxygen atoms in total. The van der Waals surface area contributed by atoms with Gasteiger partial charge in [-0.15, -0.1) is 0 Å². The molecule has 2 N–H and O–H groups in total. The number of para-hydroxylation sites is 1. The van der Waals surface area contributed by atoms with E-state index in [2.05, 4.69) is 15.1 Å². The van der Waals surface area contributed by atoms with E-state index in [1.807, 2.05) is 29.2 Å². The summed E-state index contributed by atoms with van der Waals surface area (Å²) in [5.41, 5.74) is 1.33. The van der Waals surface area contributed by atoms with Crippen LogP contribution in [0.3, 0.4) is 0 Å². The normalized spacial score (nSPS) is 24.7. The molecule has 1 aliphatic heterocycles. The van der Waals surface area contributed by atoms with Crippen LogP contribution in [-0.4, -0.2) is 69.2 Å². The number of carbonyl (C=O) groups excluding carboxylic acids is 1. The van der Waals surface area contributed by atoms with Gasteiger partial charge < -0.3 is 10.0 Å². The highest BCUT2D eigenvalue weighted by Gasteiger charge is 2.36. The number of benzene rings is 1. The van der Waals surface area contributed by atoms with Gasteiger partial charge in [0, 0.05) is 37.6 Å². The second-order valence-electron chi connectivity index (χ2n) is 7.24. The first kappa shape index (κ1) is 17.0. The first-order valence-corrected chi connectivity index (χ1v) is 9.34. The summed E-state index contributed by atoms with van der Waals surface area (Å²) < 4.78 is 0. The Kier molecular flexibility index (Phi) is 4.63. The minimum Gasteiger partial charge on any atom is -0.481 e. The maximum absolute atomic E-state index is 12.9. The molecule has 26 heavy (non-hydrogen) atoms. The van der Waals surface area contributed by atoms with Crippen molar-refractivity contribution in [3.63, 3.8) is 0 Å². The molecule has 1 aliphatic carbocycles. The summed E-state index contributed by atoms with van der Waals surface area (Å²) in [6, 6.07) is 7.73. The summed E-state index contributed by atoms with van der Waals surface area (Å²) in [5.74, 6) is -1.02. The van der Waals surface area contributed by atoms with Gasteiger partial charge in [0.15, 0.2) is 5.69 Å². The molecule has 1 aromatic carbocycles. The Morgan fingerprint density at radius 1 is 1.08 bits per heavy atom. The van der Waals surface area contributed by atoms with E-state index >= 15 is 0 Å². The molecule has 0 bridgehead atoms. The molecule has 1 amide bonds. The van der Waals surface area contributed by atoms with Gasteiger partial charge in [0.25, 0.3) is 5.91 Å². The number of nitrogens with one attached hydrogen (secondary N) is 1. The van der Waals surface area contributed by atoms with Crippen LogP contribution in [0.1, 0.15) is 36.2 Å². The number of hydrogen-bond donors (Lipinski definition) is 2. The average molecular weight is 356 g/mol. The number of aliphatic carboxylic acids is 1. The molecule has 2 heterocycles. The van der Waals surface area contributed by atoms with Crippen LogP contribution < -0.4 is 0 Å². The second kappa shape index (κ2) is 7.07. The maximum atomic E-state index is 12.9. The molecular formula is C19H24N4O3. The maximum Gasteiger partial charge on any atom is 0.308 e. The predicted molar refractivity (Wildman–Crippen MR) is 97.0 cm³/mol. The number of rotatable bonds is 3. The van der Waals surface area contributed by atoms with E-state index in [1.165, 1.54) is 0 Å². The van der Waals surface area contributed by atoms with Crippen LogP contribution in [0.25, 0.3) is 10.9 Å². The van der Waals surface area contributed by atoms with Crippen LogP contribution in [-0.2, 0) is 4.79 Å². The summed E-state index contributed by atoms with van der Waals surface area (Å²) in [5, 5.41) is 17.5. The van der Waals surface area contributed by atoms with E-state index < -0.39 is 5.97 Å². The van der Waals surface area contributed by atoms with Crippen LogP contribution >= 0.6 is 0 Å². The van der Waals surface area contributed by atoms with Crippen molar-refractivity contribution in [2.24, 2.45) is 5.92 Å². The third-order valence-corrected chi connectivity index (χ3v) is 5.79. The Morgan fingerprint density at radius 2 is 1.81 bits per heavy atom. The van der Waals surface area contributed by atoms with Gasteiger partial charge >= 0.3 is 5.97 Å². The fourth-order valence-electron chi connectivity index (χ4n) is 4.37.